The van der Waals surface area contributed by atoms with Crippen LogP contribution in [0.2, 0.25) is 0 Å². The summed E-state index contributed by atoms with van der Waals surface area (Å²) in [6.07, 6.45) is 3.66. The zero-order valence-electron chi connectivity index (χ0n) is 17.6. The van der Waals surface area contributed by atoms with E-state index in [1.807, 2.05) is 30.3 Å². The Morgan fingerprint density at radius 2 is 1.90 bits per heavy atom. The van der Waals surface area contributed by atoms with E-state index in [1.54, 1.807) is 14.2 Å². The molecule has 1 aliphatic rings. The summed E-state index contributed by atoms with van der Waals surface area (Å²) in [5.74, 6) is 0.892. The molecule has 7 nitrogen and oxygen atoms in total. The SMILES string of the molecule is CN=C(NCCC(=O)NCc1ccccc1)N1CCC(OCCCOC)CC1.I. The van der Waals surface area contributed by atoms with Gasteiger partial charge in [0.25, 0.3) is 0 Å². The van der Waals surface area contributed by atoms with Crippen LogP contribution in [0.1, 0.15) is 31.2 Å². The predicted molar refractivity (Wildman–Crippen MR) is 127 cm³/mol. The van der Waals surface area contributed by atoms with Gasteiger partial charge in [0.05, 0.1) is 6.10 Å². The van der Waals surface area contributed by atoms with E-state index in [0.29, 0.717) is 25.6 Å². The van der Waals surface area contributed by atoms with Crippen LogP contribution in [0.3, 0.4) is 0 Å². The lowest BCUT2D eigenvalue weighted by molar-refractivity contribution is -0.121. The van der Waals surface area contributed by atoms with Crippen molar-refractivity contribution in [3.8, 4) is 0 Å². The number of hydrogen-bond donors (Lipinski definition) is 2. The van der Waals surface area contributed by atoms with Crippen LogP contribution in [0.25, 0.3) is 0 Å². The summed E-state index contributed by atoms with van der Waals surface area (Å²) in [5.41, 5.74) is 1.10. The molecule has 0 aromatic heterocycles. The molecular weight excluding hydrogens is 483 g/mol. The number of likely N-dealkylation sites (tertiary alicyclic amines) is 1. The van der Waals surface area contributed by atoms with Crippen molar-refractivity contribution in [3.05, 3.63) is 35.9 Å². The van der Waals surface area contributed by atoms with E-state index in [2.05, 4.69) is 20.5 Å². The smallest absolute Gasteiger partial charge is 0.222 e. The van der Waals surface area contributed by atoms with Crippen molar-refractivity contribution in [1.29, 1.82) is 0 Å². The minimum atomic E-state index is 0. The average Bonchev–Trinajstić information content (AvgIpc) is 2.74. The van der Waals surface area contributed by atoms with Crippen LogP contribution in [-0.2, 0) is 20.8 Å². The Labute approximate surface area is 191 Å². The van der Waals surface area contributed by atoms with Gasteiger partial charge < -0.3 is 25.0 Å². The number of aliphatic imine (C=N–C) groups is 1. The van der Waals surface area contributed by atoms with E-state index in [9.17, 15) is 4.79 Å². The second kappa shape index (κ2) is 15.4. The highest BCUT2D eigenvalue weighted by molar-refractivity contribution is 14.0. The lowest BCUT2D eigenvalue weighted by Gasteiger charge is -2.34. The van der Waals surface area contributed by atoms with Gasteiger partial charge in [0.15, 0.2) is 5.96 Å². The zero-order valence-corrected chi connectivity index (χ0v) is 19.9. The highest BCUT2D eigenvalue weighted by Crippen LogP contribution is 2.14. The van der Waals surface area contributed by atoms with Crippen LogP contribution < -0.4 is 10.6 Å². The molecule has 164 valence electrons. The summed E-state index contributed by atoms with van der Waals surface area (Å²) < 4.78 is 10.9. The monoisotopic (exact) mass is 518 g/mol. The maximum atomic E-state index is 12.0. The van der Waals surface area contributed by atoms with E-state index < -0.39 is 0 Å². The van der Waals surface area contributed by atoms with E-state index in [1.165, 1.54) is 0 Å². The van der Waals surface area contributed by atoms with E-state index in [-0.39, 0.29) is 29.9 Å². The maximum Gasteiger partial charge on any atom is 0.222 e. The number of rotatable bonds is 10. The van der Waals surface area contributed by atoms with Gasteiger partial charge in [0, 0.05) is 60.0 Å². The van der Waals surface area contributed by atoms with Gasteiger partial charge in [0.1, 0.15) is 0 Å². The lowest BCUT2D eigenvalue weighted by Crippen LogP contribution is -2.47. The summed E-state index contributed by atoms with van der Waals surface area (Å²) in [5, 5.41) is 6.25. The summed E-state index contributed by atoms with van der Waals surface area (Å²) >= 11 is 0. The van der Waals surface area contributed by atoms with Gasteiger partial charge in [-0.05, 0) is 24.8 Å². The Morgan fingerprint density at radius 1 is 1.17 bits per heavy atom. The van der Waals surface area contributed by atoms with Crippen LogP contribution in [0.4, 0.5) is 0 Å². The van der Waals surface area contributed by atoms with Crippen LogP contribution in [0, 0.1) is 0 Å². The van der Waals surface area contributed by atoms with Crippen molar-refractivity contribution in [1.82, 2.24) is 15.5 Å². The number of halogens is 1. The fourth-order valence-corrected chi connectivity index (χ4v) is 3.19. The fourth-order valence-electron chi connectivity index (χ4n) is 3.19. The molecule has 1 heterocycles. The molecular formula is C21H35IN4O3. The van der Waals surface area contributed by atoms with Gasteiger partial charge in [-0.2, -0.15) is 0 Å². The Morgan fingerprint density at radius 3 is 2.55 bits per heavy atom. The van der Waals surface area contributed by atoms with Crippen molar-refractivity contribution < 1.29 is 14.3 Å². The van der Waals surface area contributed by atoms with Gasteiger partial charge in [-0.3, -0.25) is 9.79 Å². The van der Waals surface area contributed by atoms with E-state index >= 15 is 0 Å². The van der Waals surface area contributed by atoms with Gasteiger partial charge in [0.2, 0.25) is 5.91 Å². The van der Waals surface area contributed by atoms with Gasteiger partial charge in [-0.15, -0.1) is 24.0 Å². The van der Waals surface area contributed by atoms with E-state index in [4.69, 9.17) is 9.47 Å². The third-order valence-electron chi connectivity index (χ3n) is 4.77. The second-order valence-corrected chi connectivity index (χ2v) is 6.89. The van der Waals surface area contributed by atoms with E-state index in [0.717, 1.165) is 57.1 Å². The molecule has 0 radical (unpaired) electrons. The highest BCUT2D eigenvalue weighted by Gasteiger charge is 2.21. The first-order chi connectivity index (χ1) is 13.7. The largest absolute Gasteiger partial charge is 0.385 e. The number of hydrogen-bond acceptors (Lipinski definition) is 4. The number of carbonyl (C=O) groups is 1. The second-order valence-electron chi connectivity index (χ2n) is 6.89. The molecule has 8 heteroatoms. The minimum absolute atomic E-state index is 0. The standard InChI is InChI=1S/C21H34N4O3.HI/c1-22-21(25-13-10-19(11-14-25)28-16-6-15-27-2)23-12-9-20(26)24-17-18-7-4-3-5-8-18;/h3-5,7-8,19H,6,9-17H2,1-2H3,(H,22,23)(H,24,26);1H. The third kappa shape index (κ3) is 10.3. The Balaban J connectivity index is 0.00000420. The van der Waals surface area contributed by atoms with Crippen molar-refractivity contribution in [2.75, 3.05) is 47.0 Å². The molecule has 1 amide bonds. The molecule has 1 aromatic rings. The van der Waals surface area contributed by atoms with Crippen LogP contribution in [0.15, 0.2) is 35.3 Å². The van der Waals surface area contributed by atoms with Crippen molar-refractivity contribution >= 4 is 35.8 Å². The molecule has 1 fully saturated rings. The van der Waals surface area contributed by atoms with Gasteiger partial charge in [-0.25, -0.2) is 0 Å². The molecule has 0 saturated carbocycles. The molecule has 1 saturated heterocycles. The van der Waals surface area contributed by atoms with Crippen molar-refractivity contribution in [2.45, 2.75) is 38.3 Å². The van der Waals surface area contributed by atoms with Crippen LogP contribution in [-0.4, -0.2) is 69.9 Å². The lowest BCUT2D eigenvalue weighted by atomic mass is 10.1. The minimum Gasteiger partial charge on any atom is -0.385 e. The molecule has 29 heavy (non-hydrogen) atoms. The molecule has 0 aliphatic carbocycles. The summed E-state index contributed by atoms with van der Waals surface area (Å²) in [6.45, 7) is 4.45. The Hall–Kier alpha value is -1.39. The van der Waals surface area contributed by atoms with Crippen molar-refractivity contribution in [3.63, 3.8) is 0 Å². The summed E-state index contributed by atoms with van der Waals surface area (Å²) in [6, 6.07) is 9.93. The first-order valence-electron chi connectivity index (χ1n) is 10.1. The number of nitrogens with zero attached hydrogens (tertiary/aromatic N) is 2. The first-order valence-corrected chi connectivity index (χ1v) is 10.1. The molecule has 2 rings (SSSR count). The third-order valence-corrected chi connectivity index (χ3v) is 4.77. The Kier molecular flexibility index (Phi) is 13.7. The molecule has 0 bridgehead atoms. The Bertz CT molecular complexity index is 593. The molecule has 1 aromatic carbocycles. The van der Waals surface area contributed by atoms with Crippen LogP contribution >= 0.6 is 24.0 Å². The zero-order chi connectivity index (χ0) is 20.0. The first kappa shape index (κ1) is 25.6. The number of ether oxygens (including phenoxy) is 2. The summed E-state index contributed by atoms with van der Waals surface area (Å²) in [7, 11) is 3.50. The highest BCUT2D eigenvalue weighted by atomic mass is 127. The average molecular weight is 518 g/mol. The molecule has 0 unspecified atom stereocenters. The number of guanidine groups is 1. The molecule has 0 atom stereocenters. The van der Waals surface area contributed by atoms with Gasteiger partial charge >= 0.3 is 0 Å². The molecule has 0 spiro atoms. The summed E-state index contributed by atoms with van der Waals surface area (Å²) in [4.78, 5) is 18.6. The number of carbonyl (C=O) groups excluding carboxylic acids is 1. The number of benzene rings is 1. The normalized spacial score (nSPS) is 15.0. The topological polar surface area (TPSA) is 75.2 Å². The number of piperidine rings is 1. The number of methoxy groups -OCH3 is 1. The van der Waals surface area contributed by atoms with Crippen LogP contribution in [0.5, 0.6) is 0 Å². The predicted octanol–water partition coefficient (Wildman–Crippen LogP) is 2.40. The maximum absolute atomic E-state index is 12.0. The quantitative estimate of drug-likeness (QED) is 0.216. The van der Waals surface area contributed by atoms with Crippen molar-refractivity contribution in [2.24, 2.45) is 4.99 Å². The molecule has 2 N–H and O–H groups in total. The number of nitrogens with one attached hydrogen (secondary N) is 2. The number of amides is 1. The fraction of sp³-hybridized carbons (Fsp3) is 0.619. The van der Waals surface area contributed by atoms with Gasteiger partial charge in [-0.1, -0.05) is 30.3 Å². The molecule has 1 aliphatic heterocycles.